The van der Waals surface area contributed by atoms with Crippen LogP contribution in [0, 0.1) is 6.92 Å². The number of fused-ring (bicyclic) bond motifs is 1. The van der Waals surface area contributed by atoms with Gasteiger partial charge in [0.05, 0.1) is 5.39 Å². The predicted molar refractivity (Wildman–Crippen MR) is 99.6 cm³/mol. The van der Waals surface area contributed by atoms with Crippen molar-refractivity contribution >= 4 is 33.3 Å². The van der Waals surface area contributed by atoms with Crippen molar-refractivity contribution in [1.82, 2.24) is 20.1 Å². The molecule has 0 bridgehead atoms. The van der Waals surface area contributed by atoms with E-state index >= 15 is 0 Å². The lowest BCUT2D eigenvalue weighted by molar-refractivity contribution is 0.320. The van der Waals surface area contributed by atoms with Gasteiger partial charge in [-0.15, -0.1) is 11.3 Å². The van der Waals surface area contributed by atoms with E-state index < -0.39 is 0 Å². The summed E-state index contributed by atoms with van der Waals surface area (Å²) >= 11 is 1.71. The average molecular weight is 358 g/mol. The van der Waals surface area contributed by atoms with Crippen LogP contribution in [-0.4, -0.2) is 46.3 Å². The van der Waals surface area contributed by atoms with Crippen LogP contribution in [-0.2, 0) is 5.41 Å². The molecule has 0 radical (unpaired) electrons. The molecule has 25 heavy (non-hydrogen) atoms. The molecule has 7 nitrogen and oxygen atoms in total. The minimum Gasteiger partial charge on any atom is -0.352 e. The maximum Gasteiger partial charge on any atom is 0.266 e. The summed E-state index contributed by atoms with van der Waals surface area (Å²) in [7, 11) is 0. The first-order valence-corrected chi connectivity index (χ1v) is 9.29. The van der Waals surface area contributed by atoms with Crippen LogP contribution in [0.1, 0.15) is 31.5 Å². The van der Waals surface area contributed by atoms with Crippen LogP contribution < -0.4 is 9.80 Å². The number of hydrogen-bond acceptors (Lipinski definition) is 8. The molecule has 0 N–H and O–H groups in total. The van der Waals surface area contributed by atoms with E-state index in [1.165, 1.54) is 4.88 Å². The molecule has 0 aliphatic carbocycles. The highest BCUT2D eigenvalue weighted by Crippen LogP contribution is 2.30. The second-order valence-corrected chi connectivity index (χ2v) is 8.63. The van der Waals surface area contributed by atoms with Crippen molar-refractivity contribution in [3.05, 3.63) is 23.2 Å². The Balaban J connectivity index is 1.50. The lowest BCUT2D eigenvalue weighted by Gasteiger charge is -2.34. The number of hydrogen-bond donors (Lipinski definition) is 0. The molecule has 8 heteroatoms. The predicted octanol–water partition coefficient (Wildman–Crippen LogP) is 3.01. The molecular weight excluding hydrogens is 336 g/mol. The fraction of sp³-hybridized carbons (Fsp3) is 0.529. The topological polar surface area (TPSA) is 71.2 Å². The van der Waals surface area contributed by atoms with E-state index in [0.29, 0.717) is 11.8 Å². The molecule has 3 aromatic heterocycles. The van der Waals surface area contributed by atoms with Crippen LogP contribution >= 0.6 is 11.3 Å². The normalized spacial score (nSPS) is 16.0. The quantitative estimate of drug-likeness (QED) is 0.697. The number of aromatic nitrogens is 4. The highest BCUT2D eigenvalue weighted by Gasteiger charge is 2.26. The van der Waals surface area contributed by atoms with Crippen LogP contribution in [0.15, 0.2) is 16.9 Å². The Kier molecular flexibility index (Phi) is 3.87. The summed E-state index contributed by atoms with van der Waals surface area (Å²) in [5.74, 6) is 2.39. The van der Waals surface area contributed by atoms with E-state index in [2.05, 4.69) is 63.7 Å². The Hall–Kier alpha value is -2.22. The zero-order valence-electron chi connectivity index (χ0n) is 15.0. The molecule has 4 heterocycles. The van der Waals surface area contributed by atoms with Crippen molar-refractivity contribution in [3.63, 3.8) is 0 Å². The molecule has 0 spiro atoms. The first-order valence-electron chi connectivity index (χ1n) is 8.47. The van der Waals surface area contributed by atoms with Gasteiger partial charge in [-0.3, -0.25) is 0 Å². The molecule has 0 unspecified atom stereocenters. The summed E-state index contributed by atoms with van der Waals surface area (Å²) in [5, 5.41) is 5.30. The van der Waals surface area contributed by atoms with E-state index in [9.17, 15) is 0 Å². The van der Waals surface area contributed by atoms with Crippen molar-refractivity contribution in [2.45, 2.75) is 33.1 Å². The zero-order valence-corrected chi connectivity index (χ0v) is 15.8. The molecule has 0 atom stereocenters. The van der Waals surface area contributed by atoms with Gasteiger partial charge in [-0.05, 0) is 18.1 Å². The summed E-state index contributed by atoms with van der Waals surface area (Å²) in [4.78, 5) is 20.3. The number of thiophene rings is 1. The van der Waals surface area contributed by atoms with Gasteiger partial charge < -0.3 is 14.3 Å². The number of nitrogens with zero attached hydrogens (tertiary/aromatic N) is 6. The number of piperazine rings is 1. The maximum atomic E-state index is 5.42. The minimum absolute atomic E-state index is 0.129. The Labute approximate surface area is 150 Å². The monoisotopic (exact) mass is 358 g/mol. The van der Waals surface area contributed by atoms with Gasteiger partial charge in [-0.1, -0.05) is 20.8 Å². The van der Waals surface area contributed by atoms with Crippen LogP contribution in [0.3, 0.4) is 0 Å². The number of rotatable bonds is 2. The van der Waals surface area contributed by atoms with Crippen LogP contribution in [0.4, 0.5) is 11.8 Å². The van der Waals surface area contributed by atoms with Crippen LogP contribution in [0.25, 0.3) is 10.2 Å². The van der Waals surface area contributed by atoms with Gasteiger partial charge in [0.2, 0.25) is 5.89 Å². The highest BCUT2D eigenvalue weighted by molar-refractivity contribution is 7.18. The fourth-order valence-corrected chi connectivity index (χ4v) is 3.82. The average Bonchev–Trinajstić information content (AvgIpc) is 3.20. The van der Waals surface area contributed by atoms with E-state index in [4.69, 9.17) is 4.52 Å². The van der Waals surface area contributed by atoms with Gasteiger partial charge in [-0.25, -0.2) is 9.97 Å². The standard InChI is InChI=1S/C17H22N6OS/c1-11-9-12-13(18-10-19-14(12)25-11)22-5-7-23(8-6-22)16-20-15(24-21-16)17(2,3)4/h9-10H,5-8H2,1-4H3. The van der Waals surface area contributed by atoms with Gasteiger partial charge >= 0.3 is 0 Å². The van der Waals surface area contributed by atoms with Gasteiger partial charge in [-0.2, -0.15) is 4.98 Å². The minimum atomic E-state index is -0.129. The lowest BCUT2D eigenvalue weighted by Crippen LogP contribution is -2.47. The Morgan fingerprint density at radius 3 is 2.48 bits per heavy atom. The third kappa shape index (κ3) is 3.06. The third-order valence-corrected chi connectivity index (χ3v) is 5.31. The fourth-order valence-electron chi connectivity index (χ4n) is 2.98. The van der Waals surface area contributed by atoms with Gasteiger partial charge in [0, 0.05) is 36.5 Å². The Bertz CT molecular complexity index is 888. The number of aryl methyl sites for hydroxylation is 1. The Morgan fingerprint density at radius 1 is 1.08 bits per heavy atom. The molecular formula is C17H22N6OS. The summed E-state index contributed by atoms with van der Waals surface area (Å²) in [5.41, 5.74) is -0.129. The van der Waals surface area contributed by atoms with Crippen molar-refractivity contribution in [3.8, 4) is 0 Å². The van der Waals surface area contributed by atoms with E-state index in [1.54, 1.807) is 17.7 Å². The van der Waals surface area contributed by atoms with Crippen LogP contribution in [0.2, 0.25) is 0 Å². The molecule has 0 aromatic carbocycles. The molecule has 1 aliphatic rings. The largest absolute Gasteiger partial charge is 0.352 e. The zero-order chi connectivity index (χ0) is 17.6. The van der Waals surface area contributed by atoms with Gasteiger partial charge in [0.15, 0.2) is 0 Å². The first kappa shape index (κ1) is 16.3. The van der Waals surface area contributed by atoms with Crippen LogP contribution in [0.5, 0.6) is 0 Å². The van der Waals surface area contributed by atoms with Crippen molar-refractivity contribution in [1.29, 1.82) is 0 Å². The van der Waals surface area contributed by atoms with Gasteiger partial charge in [0.1, 0.15) is 17.0 Å². The summed E-state index contributed by atoms with van der Waals surface area (Å²) in [6.45, 7) is 11.8. The lowest BCUT2D eigenvalue weighted by atomic mass is 9.97. The van der Waals surface area contributed by atoms with E-state index in [0.717, 1.165) is 42.2 Å². The van der Waals surface area contributed by atoms with E-state index in [1.807, 2.05) is 0 Å². The molecule has 3 aromatic rings. The number of anilines is 2. The smallest absolute Gasteiger partial charge is 0.266 e. The summed E-state index contributed by atoms with van der Waals surface area (Å²) < 4.78 is 5.42. The maximum absolute atomic E-state index is 5.42. The molecule has 0 saturated carbocycles. The second-order valence-electron chi connectivity index (χ2n) is 7.40. The molecule has 1 aliphatic heterocycles. The van der Waals surface area contributed by atoms with Crippen molar-refractivity contribution < 1.29 is 4.52 Å². The molecule has 1 fully saturated rings. The van der Waals surface area contributed by atoms with Crippen molar-refractivity contribution in [2.75, 3.05) is 36.0 Å². The summed E-state index contributed by atoms with van der Waals surface area (Å²) in [6, 6.07) is 2.18. The second kappa shape index (κ2) is 5.94. The Morgan fingerprint density at radius 2 is 1.80 bits per heavy atom. The van der Waals surface area contributed by atoms with Gasteiger partial charge in [0.25, 0.3) is 5.95 Å². The highest BCUT2D eigenvalue weighted by atomic mass is 32.1. The van der Waals surface area contributed by atoms with Crippen molar-refractivity contribution in [2.24, 2.45) is 0 Å². The first-order chi connectivity index (χ1) is 11.9. The van der Waals surface area contributed by atoms with E-state index in [-0.39, 0.29) is 5.41 Å². The molecule has 1 saturated heterocycles. The molecule has 4 rings (SSSR count). The molecule has 0 amide bonds. The SMILES string of the molecule is Cc1cc2c(N3CCN(c4noc(C(C)(C)C)n4)CC3)ncnc2s1. The molecule has 132 valence electrons. The third-order valence-electron chi connectivity index (χ3n) is 4.35. The summed E-state index contributed by atoms with van der Waals surface area (Å²) in [6.07, 6.45) is 1.66.